The lowest BCUT2D eigenvalue weighted by molar-refractivity contribution is 0.277. The maximum absolute atomic E-state index is 9.41. The minimum Gasteiger partial charge on any atom is -0.508 e. The minimum absolute atomic E-state index is 0.284. The number of ether oxygens (including phenoxy) is 1. The van der Waals surface area contributed by atoms with E-state index < -0.39 is 0 Å². The maximum Gasteiger partial charge on any atom is 0.115 e. The molecule has 2 aromatic carbocycles. The highest BCUT2D eigenvalue weighted by Gasteiger charge is 2.09. The van der Waals surface area contributed by atoms with Crippen LogP contribution in [0.5, 0.6) is 11.5 Å². The largest absolute Gasteiger partial charge is 0.508 e. The van der Waals surface area contributed by atoms with Crippen LogP contribution in [0, 0.1) is 0 Å². The fraction of sp³-hybridized carbons (Fsp3) is 0.300. The highest BCUT2D eigenvalue weighted by atomic mass is 16.4. The highest BCUT2D eigenvalue weighted by Crippen LogP contribution is 2.32. The Morgan fingerprint density at radius 3 is 1.17 bits per heavy atom. The molecule has 3 heteroatoms. The number of aromatic hydroxyl groups is 2. The lowest BCUT2D eigenvalue weighted by Crippen LogP contribution is -1.91. The van der Waals surface area contributed by atoms with Gasteiger partial charge in [0, 0.05) is 14.2 Å². The number of hydrogen-bond donors (Lipinski definition) is 2. The van der Waals surface area contributed by atoms with Gasteiger partial charge >= 0.3 is 0 Å². The van der Waals surface area contributed by atoms with Gasteiger partial charge in [0.05, 0.1) is 0 Å². The second kappa shape index (κ2) is 9.70. The van der Waals surface area contributed by atoms with E-state index in [1.807, 2.05) is 24.3 Å². The van der Waals surface area contributed by atoms with E-state index in [-0.39, 0.29) is 11.5 Å². The number of allylic oxidation sites excluding steroid dienone is 2. The Hall–Kier alpha value is -2.26. The van der Waals surface area contributed by atoms with Crippen LogP contribution >= 0.6 is 0 Å². The first-order valence-corrected chi connectivity index (χ1v) is 7.78. The van der Waals surface area contributed by atoms with Crippen LogP contribution in [-0.4, -0.2) is 24.4 Å². The van der Waals surface area contributed by atoms with Crippen molar-refractivity contribution in [2.24, 2.45) is 0 Å². The molecule has 0 atom stereocenters. The number of benzene rings is 2. The van der Waals surface area contributed by atoms with E-state index in [0.717, 1.165) is 24.0 Å². The van der Waals surface area contributed by atoms with Crippen LogP contribution in [0.25, 0.3) is 11.1 Å². The monoisotopic (exact) mass is 314 g/mol. The van der Waals surface area contributed by atoms with Gasteiger partial charge in [-0.25, -0.2) is 0 Å². The molecule has 23 heavy (non-hydrogen) atoms. The van der Waals surface area contributed by atoms with E-state index in [9.17, 15) is 10.2 Å². The first-order valence-electron chi connectivity index (χ1n) is 7.78. The minimum atomic E-state index is 0.284. The van der Waals surface area contributed by atoms with Crippen LogP contribution < -0.4 is 0 Å². The summed E-state index contributed by atoms with van der Waals surface area (Å²) in [4.78, 5) is 0. The Morgan fingerprint density at radius 1 is 0.696 bits per heavy atom. The summed E-state index contributed by atoms with van der Waals surface area (Å²) in [5.74, 6) is 0.568. The number of phenolic OH excluding ortho intramolecular Hbond substituents is 2. The molecule has 0 aliphatic carbocycles. The van der Waals surface area contributed by atoms with Crippen LogP contribution in [0.4, 0.5) is 0 Å². The summed E-state index contributed by atoms with van der Waals surface area (Å²) in [5.41, 5.74) is 4.82. The number of rotatable bonds is 4. The molecule has 0 radical (unpaired) electrons. The van der Waals surface area contributed by atoms with E-state index in [1.165, 1.54) is 11.1 Å². The van der Waals surface area contributed by atoms with Crippen molar-refractivity contribution in [1.82, 2.24) is 0 Å². The van der Waals surface area contributed by atoms with Crippen LogP contribution in [-0.2, 0) is 4.74 Å². The molecule has 0 unspecified atom stereocenters. The van der Waals surface area contributed by atoms with Crippen molar-refractivity contribution in [1.29, 1.82) is 0 Å². The molecule has 0 heterocycles. The van der Waals surface area contributed by atoms with Gasteiger partial charge in [0.1, 0.15) is 11.5 Å². The second-order valence-corrected chi connectivity index (χ2v) is 5.17. The van der Waals surface area contributed by atoms with Gasteiger partial charge in [0.25, 0.3) is 0 Å². The fourth-order valence-corrected chi connectivity index (χ4v) is 2.51. The third kappa shape index (κ3) is 5.46. The summed E-state index contributed by atoms with van der Waals surface area (Å²) in [5, 5.41) is 18.8. The zero-order chi connectivity index (χ0) is 17.2. The Bertz CT molecular complexity index is 555. The summed E-state index contributed by atoms with van der Waals surface area (Å²) in [7, 11) is 3.25. The Labute approximate surface area is 138 Å². The van der Waals surface area contributed by atoms with Crippen molar-refractivity contribution < 1.29 is 14.9 Å². The molecule has 0 spiro atoms. The summed E-state index contributed by atoms with van der Waals surface area (Å²) in [6, 6.07) is 14.7. The number of methoxy groups -OCH3 is 1. The van der Waals surface area contributed by atoms with Crippen molar-refractivity contribution in [2.45, 2.75) is 26.7 Å². The van der Waals surface area contributed by atoms with Gasteiger partial charge in [-0.3, -0.25) is 0 Å². The summed E-state index contributed by atoms with van der Waals surface area (Å²) < 4.78 is 4.25. The SMILES string of the molecule is CC/C(=C(/CC)c1ccc(O)cc1)c1ccc(O)cc1.COC. The maximum atomic E-state index is 9.41. The summed E-state index contributed by atoms with van der Waals surface area (Å²) >= 11 is 0. The van der Waals surface area contributed by atoms with Gasteiger partial charge < -0.3 is 14.9 Å². The third-order valence-corrected chi connectivity index (χ3v) is 3.50. The quantitative estimate of drug-likeness (QED) is 0.773. The van der Waals surface area contributed by atoms with Crippen LogP contribution in [0.15, 0.2) is 48.5 Å². The van der Waals surface area contributed by atoms with Gasteiger partial charge in [-0.15, -0.1) is 0 Å². The molecule has 0 amide bonds. The third-order valence-electron chi connectivity index (χ3n) is 3.50. The molecule has 2 aromatic rings. The van der Waals surface area contributed by atoms with Crippen LogP contribution in [0.2, 0.25) is 0 Å². The molecular weight excluding hydrogens is 288 g/mol. The zero-order valence-corrected chi connectivity index (χ0v) is 14.3. The standard InChI is InChI=1S/C18H20O2.C2H6O/c1-3-17(13-5-9-15(19)10-6-13)18(4-2)14-7-11-16(20)12-8-14;1-3-2/h5-12,19-20H,3-4H2,1-2H3;1-2H3/b18-17+;. The van der Waals surface area contributed by atoms with Crippen molar-refractivity contribution in [3.63, 3.8) is 0 Å². The average molecular weight is 314 g/mol. The molecule has 3 nitrogen and oxygen atoms in total. The van der Waals surface area contributed by atoms with Gasteiger partial charge in [-0.05, 0) is 59.4 Å². The topological polar surface area (TPSA) is 49.7 Å². The predicted molar refractivity (Wildman–Crippen MR) is 96.5 cm³/mol. The van der Waals surface area contributed by atoms with Crippen molar-refractivity contribution in [3.05, 3.63) is 59.7 Å². The normalized spacial score (nSPS) is 11.3. The first-order chi connectivity index (χ1) is 11.1. The van der Waals surface area contributed by atoms with Gasteiger partial charge in [0.2, 0.25) is 0 Å². The van der Waals surface area contributed by atoms with Gasteiger partial charge in [0.15, 0.2) is 0 Å². The first kappa shape index (κ1) is 18.8. The zero-order valence-electron chi connectivity index (χ0n) is 14.3. The predicted octanol–water partition coefficient (Wildman–Crippen LogP) is 5.09. The lowest BCUT2D eigenvalue weighted by Gasteiger charge is -2.14. The molecule has 2 N–H and O–H groups in total. The molecule has 0 fully saturated rings. The Kier molecular flexibility index (Phi) is 7.92. The molecule has 0 aliphatic rings. The molecule has 124 valence electrons. The van der Waals surface area contributed by atoms with E-state index in [1.54, 1.807) is 38.5 Å². The van der Waals surface area contributed by atoms with E-state index in [4.69, 9.17) is 0 Å². The molecule has 0 saturated heterocycles. The highest BCUT2D eigenvalue weighted by molar-refractivity contribution is 5.90. The fourth-order valence-electron chi connectivity index (χ4n) is 2.51. The second-order valence-electron chi connectivity index (χ2n) is 5.17. The molecule has 0 bridgehead atoms. The van der Waals surface area contributed by atoms with Crippen LogP contribution in [0.3, 0.4) is 0 Å². The average Bonchev–Trinajstić information content (AvgIpc) is 2.55. The van der Waals surface area contributed by atoms with Crippen molar-refractivity contribution in [2.75, 3.05) is 14.2 Å². The Morgan fingerprint density at radius 2 is 0.957 bits per heavy atom. The van der Waals surface area contributed by atoms with Crippen molar-refractivity contribution >= 4 is 11.1 Å². The smallest absolute Gasteiger partial charge is 0.115 e. The number of hydrogen-bond acceptors (Lipinski definition) is 3. The lowest BCUT2D eigenvalue weighted by atomic mass is 9.91. The van der Waals surface area contributed by atoms with Crippen LogP contribution in [0.1, 0.15) is 37.8 Å². The van der Waals surface area contributed by atoms with E-state index in [0.29, 0.717) is 0 Å². The van der Waals surface area contributed by atoms with E-state index in [2.05, 4.69) is 18.6 Å². The molecule has 0 saturated carbocycles. The summed E-state index contributed by atoms with van der Waals surface area (Å²) in [6.07, 6.45) is 1.85. The van der Waals surface area contributed by atoms with Crippen molar-refractivity contribution in [3.8, 4) is 11.5 Å². The van der Waals surface area contributed by atoms with Gasteiger partial charge in [-0.1, -0.05) is 38.1 Å². The van der Waals surface area contributed by atoms with E-state index >= 15 is 0 Å². The molecule has 0 aliphatic heterocycles. The number of phenols is 2. The van der Waals surface area contributed by atoms with Gasteiger partial charge in [-0.2, -0.15) is 0 Å². The molecule has 2 rings (SSSR count). The summed E-state index contributed by atoms with van der Waals surface area (Å²) in [6.45, 7) is 4.27. The Balaban J connectivity index is 0.000000816. The molecular formula is C20H26O3. The molecule has 0 aromatic heterocycles.